The number of benzene rings is 1. The highest BCUT2D eigenvalue weighted by Crippen LogP contribution is 2.29. The van der Waals surface area contributed by atoms with Gasteiger partial charge in [-0.15, -0.1) is 0 Å². The largest absolute Gasteiger partial charge is 0.378 e. The van der Waals surface area contributed by atoms with E-state index in [1.807, 2.05) is 54.3 Å². The predicted molar refractivity (Wildman–Crippen MR) is 150 cm³/mol. The van der Waals surface area contributed by atoms with Gasteiger partial charge < -0.3 is 24.0 Å². The monoisotopic (exact) mass is 545 g/mol. The molecule has 4 aromatic rings. The highest BCUT2D eigenvalue weighted by atomic mass is 16.5. The summed E-state index contributed by atoms with van der Waals surface area (Å²) in [7, 11) is 1.93. The van der Waals surface area contributed by atoms with Crippen molar-refractivity contribution < 1.29 is 14.3 Å². The van der Waals surface area contributed by atoms with Crippen LogP contribution in [-0.4, -0.2) is 96.6 Å². The predicted octanol–water partition coefficient (Wildman–Crippen LogP) is 1.93. The second-order valence-corrected chi connectivity index (χ2v) is 10.6. The highest BCUT2D eigenvalue weighted by Gasteiger charge is 2.30. The fourth-order valence-electron chi connectivity index (χ4n) is 5.45. The van der Waals surface area contributed by atoms with Gasteiger partial charge in [0.15, 0.2) is 17.0 Å². The molecule has 5 heterocycles. The van der Waals surface area contributed by atoms with Crippen molar-refractivity contribution in [2.45, 2.75) is 33.7 Å². The molecule has 0 bridgehead atoms. The average molecular weight is 546 g/mol. The maximum atomic E-state index is 13.0. The van der Waals surface area contributed by atoms with Crippen LogP contribution in [0, 0.1) is 5.92 Å². The molecule has 3 aromatic heterocycles. The number of hydrogen-bond donors (Lipinski definition) is 0. The van der Waals surface area contributed by atoms with Gasteiger partial charge in [-0.3, -0.25) is 14.2 Å². The number of piperazine rings is 1. The Morgan fingerprint density at radius 1 is 1.00 bits per heavy atom. The molecule has 0 saturated carbocycles. The number of fused-ring (bicyclic) bond motifs is 2. The third kappa shape index (κ3) is 4.55. The van der Waals surface area contributed by atoms with Gasteiger partial charge in [0.1, 0.15) is 11.6 Å². The zero-order valence-corrected chi connectivity index (χ0v) is 23.5. The van der Waals surface area contributed by atoms with E-state index in [0.717, 1.165) is 34.9 Å². The molecule has 0 N–H and O–H groups in total. The van der Waals surface area contributed by atoms with Gasteiger partial charge in [0, 0.05) is 45.6 Å². The lowest BCUT2D eigenvalue weighted by Crippen LogP contribution is -2.52. The molecule has 12 nitrogen and oxygen atoms in total. The summed E-state index contributed by atoms with van der Waals surface area (Å²) in [6, 6.07) is 8.01. The summed E-state index contributed by atoms with van der Waals surface area (Å²) < 4.78 is 9.59. The van der Waals surface area contributed by atoms with Crippen LogP contribution >= 0.6 is 0 Å². The Kier molecular flexibility index (Phi) is 6.87. The minimum Gasteiger partial charge on any atom is -0.378 e. The number of hydrogen-bond acceptors (Lipinski definition) is 8. The van der Waals surface area contributed by atoms with Crippen molar-refractivity contribution in [2.24, 2.45) is 13.0 Å². The Bertz CT molecular complexity index is 1580. The van der Waals surface area contributed by atoms with Crippen LogP contribution in [0.4, 0.5) is 5.82 Å². The molecule has 0 aliphatic carbocycles. The molecule has 0 radical (unpaired) electrons. The van der Waals surface area contributed by atoms with Crippen molar-refractivity contribution >= 4 is 39.8 Å². The second kappa shape index (κ2) is 10.5. The molecule has 0 spiro atoms. The van der Waals surface area contributed by atoms with Crippen LogP contribution in [0.2, 0.25) is 0 Å². The maximum Gasteiger partial charge on any atom is 0.242 e. The van der Waals surface area contributed by atoms with Crippen LogP contribution in [-0.2, 0) is 34.3 Å². The summed E-state index contributed by atoms with van der Waals surface area (Å²) >= 11 is 0. The molecular weight excluding hydrogens is 510 g/mol. The highest BCUT2D eigenvalue weighted by molar-refractivity contribution is 5.88. The molecule has 2 saturated heterocycles. The van der Waals surface area contributed by atoms with E-state index in [1.54, 1.807) is 9.80 Å². The quantitative estimate of drug-likeness (QED) is 0.361. The number of amides is 2. The lowest BCUT2D eigenvalue weighted by atomic mass is 10.1. The smallest absolute Gasteiger partial charge is 0.242 e. The van der Waals surface area contributed by atoms with Gasteiger partial charge in [-0.2, -0.15) is 9.97 Å². The Labute approximate surface area is 232 Å². The van der Waals surface area contributed by atoms with Gasteiger partial charge in [0.25, 0.3) is 0 Å². The molecule has 6 rings (SSSR count). The number of carbonyl (C=O) groups is 2. The van der Waals surface area contributed by atoms with Crippen molar-refractivity contribution in [2.75, 3.05) is 50.8 Å². The minimum atomic E-state index is -0.133. The lowest BCUT2D eigenvalue weighted by Gasteiger charge is -2.34. The Morgan fingerprint density at radius 3 is 2.50 bits per heavy atom. The molecule has 1 aromatic carbocycles. The molecular formula is C28H35N9O3. The summed E-state index contributed by atoms with van der Waals surface area (Å²) in [6.07, 6.45) is 0.729. The fraction of sp³-hybridized carbons (Fsp3) is 0.500. The van der Waals surface area contributed by atoms with Crippen molar-refractivity contribution in [3.63, 3.8) is 0 Å². The molecule has 2 aliphatic heterocycles. The molecule has 40 heavy (non-hydrogen) atoms. The summed E-state index contributed by atoms with van der Waals surface area (Å²) in [6.45, 7) is 9.83. The van der Waals surface area contributed by atoms with Gasteiger partial charge in [-0.25, -0.2) is 9.97 Å². The van der Waals surface area contributed by atoms with E-state index in [-0.39, 0.29) is 24.3 Å². The number of aryl methyl sites for hydroxylation is 2. The molecule has 2 amide bonds. The Hall–Kier alpha value is -4.06. The number of anilines is 1. The van der Waals surface area contributed by atoms with Gasteiger partial charge in [-0.05, 0) is 12.1 Å². The van der Waals surface area contributed by atoms with E-state index < -0.39 is 0 Å². The molecule has 2 aliphatic rings. The van der Waals surface area contributed by atoms with Gasteiger partial charge >= 0.3 is 0 Å². The Balaban J connectivity index is 1.41. The SMILES string of the molecule is CCc1nc2ccccc2n1-c1nc(N2CCOCC2)c2nc(CN3CCN(C(=O)C(C)C)CC3=O)n(C)c2n1. The van der Waals surface area contributed by atoms with Crippen molar-refractivity contribution in [1.29, 1.82) is 0 Å². The van der Waals surface area contributed by atoms with Crippen LogP contribution in [0.1, 0.15) is 32.4 Å². The van der Waals surface area contributed by atoms with Crippen LogP contribution in [0.3, 0.4) is 0 Å². The van der Waals surface area contributed by atoms with E-state index >= 15 is 0 Å². The zero-order valence-electron chi connectivity index (χ0n) is 23.5. The number of nitrogens with zero attached hydrogens (tertiary/aromatic N) is 9. The normalized spacial score (nSPS) is 16.6. The summed E-state index contributed by atoms with van der Waals surface area (Å²) in [4.78, 5) is 51.0. The van der Waals surface area contributed by atoms with Crippen LogP contribution in [0.25, 0.3) is 28.1 Å². The number of rotatable bonds is 6. The van der Waals surface area contributed by atoms with Crippen molar-refractivity contribution in [1.82, 2.24) is 38.9 Å². The number of aromatic nitrogens is 6. The number of carbonyl (C=O) groups excluding carboxylic acids is 2. The first-order valence-electron chi connectivity index (χ1n) is 13.9. The van der Waals surface area contributed by atoms with Gasteiger partial charge in [-0.1, -0.05) is 32.9 Å². The molecule has 2 fully saturated rings. The van der Waals surface area contributed by atoms with E-state index in [2.05, 4.69) is 11.8 Å². The lowest BCUT2D eigenvalue weighted by molar-refractivity contribution is -0.147. The first-order chi connectivity index (χ1) is 19.4. The summed E-state index contributed by atoms with van der Waals surface area (Å²) in [5.41, 5.74) is 3.25. The minimum absolute atomic E-state index is 0.00663. The molecule has 12 heteroatoms. The number of para-hydroxylation sites is 2. The van der Waals surface area contributed by atoms with E-state index in [9.17, 15) is 9.59 Å². The van der Waals surface area contributed by atoms with Gasteiger partial charge in [0.2, 0.25) is 17.8 Å². The van der Waals surface area contributed by atoms with Crippen LogP contribution in [0.5, 0.6) is 0 Å². The van der Waals surface area contributed by atoms with Crippen LogP contribution in [0.15, 0.2) is 24.3 Å². The third-order valence-corrected chi connectivity index (χ3v) is 7.69. The van der Waals surface area contributed by atoms with Gasteiger partial charge in [0.05, 0.1) is 37.3 Å². The third-order valence-electron chi connectivity index (χ3n) is 7.69. The average Bonchev–Trinajstić information content (AvgIpc) is 3.50. The molecule has 210 valence electrons. The van der Waals surface area contributed by atoms with E-state index in [4.69, 9.17) is 24.7 Å². The summed E-state index contributed by atoms with van der Waals surface area (Å²) in [5, 5.41) is 0. The number of morpholine rings is 1. The number of imidazole rings is 2. The molecule has 0 unspecified atom stereocenters. The maximum absolute atomic E-state index is 13.0. The fourth-order valence-corrected chi connectivity index (χ4v) is 5.45. The van der Waals surface area contributed by atoms with E-state index in [1.165, 1.54) is 0 Å². The first-order valence-corrected chi connectivity index (χ1v) is 13.9. The second-order valence-electron chi connectivity index (χ2n) is 10.6. The topological polar surface area (TPSA) is 115 Å². The first kappa shape index (κ1) is 26.2. The number of ether oxygens (including phenoxy) is 1. The van der Waals surface area contributed by atoms with E-state index in [0.29, 0.717) is 63.0 Å². The summed E-state index contributed by atoms with van der Waals surface area (Å²) in [5.74, 6) is 2.70. The zero-order chi connectivity index (χ0) is 28.0. The van der Waals surface area contributed by atoms with Crippen molar-refractivity contribution in [3.8, 4) is 5.95 Å². The standard InChI is InChI=1S/C28H35N9O3/c1-5-21-29-19-8-6-7-9-20(19)37(21)28-31-25-24(26(32-28)34-12-14-40-15-13-34)30-22(33(25)4)16-35-10-11-36(17-23(35)38)27(39)18(2)3/h6-9,18H,5,10-17H2,1-4H3. The molecule has 0 atom stereocenters. The van der Waals surface area contributed by atoms with Crippen LogP contribution < -0.4 is 4.90 Å². The van der Waals surface area contributed by atoms with Crippen molar-refractivity contribution in [3.05, 3.63) is 35.9 Å². The Morgan fingerprint density at radius 2 is 1.77 bits per heavy atom.